The summed E-state index contributed by atoms with van der Waals surface area (Å²) in [6, 6.07) is 0.561. The van der Waals surface area contributed by atoms with Crippen LogP contribution in [0.3, 0.4) is 0 Å². The van der Waals surface area contributed by atoms with E-state index in [2.05, 4.69) is 62.6 Å². The number of hydrogen-bond acceptors (Lipinski definition) is 2. The van der Waals surface area contributed by atoms with Crippen LogP contribution in [0.25, 0.3) is 0 Å². The molecule has 0 aromatic carbocycles. The average Bonchev–Trinajstić information content (AvgIpc) is 2.60. The lowest BCUT2D eigenvalue weighted by atomic mass is 9.41. The molecule has 0 radical (unpaired) electrons. The van der Waals surface area contributed by atoms with Crippen LogP contribution < -0.4 is 10.6 Å². The highest BCUT2D eigenvalue weighted by Crippen LogP contribution is 2.68. The van der Waals surface area contributed by atoms with Gasteiger partial charge >= 0.3 is 0 Å². The Bertz CT molecular complexity index is 653. The van der Waals surface area contributed by atoms with Crippen molar-refractivity contribution in [3.05, 3.63) is 24.3 Å². The molecule has 0 aromatic heterocycles. The molecule has 2 bridgehead atoms. The molecule has 1 saturated heterocycles. The minimum atomic E-state index is 0.121. The standard InChI is InChI=1S/C25H40N2S/c1-18-13-23(3)15-25(16-23,21-8-6-5-7-19(21)2)17-24(4,14-18)22(28)27-20-9-11-26-12-10-20/h5-8,18-21,26H,9-17H2,1-4H3,(H,27,28)/t18?,19?,21?,23-,24?,25+. The van der Waals surface area contributed by atoms with E-state index in [9.17, 15) is 0 Å². The third kappa shape index (κ3) is 3.86. The van der Waals surface area contributed by atoms with Crippen LogP contribution in [0, 0.1) is 34.0 Å². The topological polar surface area (TPSA) is 24.1 Å². The Morgan fingerprint density at radius 1 is 1.00 bits per heavy atom. The van der Waals surface area contributed by atoms with Crippen LogP contribution >= 0.6 is 12.2 Å². The van der Waals surface area contributed by atoms with Crippen LogP contribution in [-0.2, 0) is 0 Å². The quantitative estimate of drug-likeness (QED) is 0.599. The minimum absolute atomic E-state index is 0.121. The fourth-order valence-corrected chi connectivity index (χ4v) is 8.10. The summed E-state index contributed by atoms with van der Waals surface area (Å²) in [4.78, 5) is 1.16. The zero-order valence-corrected chi connectivity index (χ0v) is 19.2. The van der Waals surface area contributed by atoms with Gasteiger partial charge in [-0.25, -0.2) is 0 Å². The first kappa shape index (κ1) is 20.6. The van der Waals surface area contributed by atoms with Crippen molar-refractivity contribution in [1.29, 1.82) is 0 Å². The van der Waals surface area contributed by atoms with E-state index in [1.165, 1.54) is 44.9 Å². The molecule has 2 N–H and O–H groups in total. The Balaban J connectivity index is 1.58. The lowest BCUT2D eigenvalue weighted by Crippen LogP contribution is -2.58. The monoisotopic (exact) mass is 400 g/mol. The van der Waals surface area contributed by atoms with Gasteiger partial charge in [-0.15, -0.1) is 0 Å². The van der Waals surface area contributed by atoms with Gasteiger partial charge in [0.2, 0.25) is 0 Å². The molecule has 2 nitrogen and oxygen atoms in total. The summed E-state index contributed by atoms with van der Waals surface area (Å²) in [6.45, 7) is 12.1. The van der Waals surface area contributed by atoms with Gasteiger partial charge in [0.05, 0.1) is 4.99 Å². The summed E-state index contributed by atoms with van der Waals surface area (Å²) in [5.41, 5.74) is 1.08. The molecule has 5 aliphatic rings. The summed E-state index contributed by atoms with van der Waals surface area (Å²) in [7, 11) is 0. The van der Waals surface area contributed by atoms with E-state index in [4.69, 9.17) is 12.2 Å². The number of thiocarbonyl (C=S) groups is 1. The molecule has 5 rings (SSSR count). The van der Waals surface area contributed by atoms with Crippen molar-refractivity contribution in [3.63, 3.8) is 0 Å². The van der Waals surface area contributed by atoms with Gasteiger partial charge < -0.3 is 10.6 Å². The maximum absolute atomic E-state index is 6.14. The van der Waals surface area contributed by atoms with Crippen LogP contribution in [-0.4, -0.2) is 24.1 Å². The highest BCUT2D eigenvalue weighted by Gasteiger charge is 2.60. The van der Waals surface area contributed by atoms with E-state index in [0.29, 0.717) is 28.7 Å². The molecule has 3 heteroatoms. The maximum atomic E-state index is 6.14. The van der Waals surface area contributed by atoms with Gasteiger partial charge in [0.1, 0.15) is 0 Å². The molecule has 0 aromatic rings. The van der Waals surface area contributed by atoms with E-state index in [1.54, 1.807) is 0 Å². The van der Waals surface area contributed by atoms with Gasteiger partial charge in [-0.1, -0.05) is 64.2 Å². The van der Waals surface area contributed by atoms with E-state index in [1.807, 2.05) is 0 Å². The molecule has 28 heavy (non-hydrogen) atoms. The van der Waals surface area contributed by atoms with Crippen molar-refractivity contribution in [3.8, 4) is 0 Å². The normalized spacial score (nSPS) is 46.4. The Hall–Kier alpha value is -0.670. The third-order valence-corrected chi connectivity index (χ3v) is 8.89. The van der Waals surface area contributed by atoms with Gasteiger partial charge in [0, 0.05) is 11.5 Å². The second-order valence-corrected chi connectivity index (χ2v) is 11.8. The summed E-state index contributed by atoms with van der Waals surface area (Å²) in [5, 5.41) is 7.31. The average molecular weight is 401 g/mol. The molecule has 1 aliphatic heterocycles. The molecule has 0 amide bonds. The highest BCUT2D eigenvalue weighted by atomic mass is 32.1. The van der Waals surface area contributed by atoms with Crippen molar-refractivity contribution in [2.24, 2.45) is 34.0 Å². The minimum Gasteiger partial charge on any atom is -0.376 e. The SMILES string of the molecule is CC1CC(C)(C(=S)NC2CCNCC2)C[C@]2(C3C=CC=CC3C)C[C@@](C)(C1)C2. The molecular weight excluding hydrogens is 360 g/mol. The Labute approximate surface area is 178 Å². The lowest BCUT2D eigenvalue weighted by molar-refractivity contribution is -0.118. The number of nitrogens with one attached hydrogen (secondary N) is 2. The van der Waals surface area contributed by atoms with Gasteiger partial charge in [-0.3, -0.25) is 0 Å². The molecular formula is C25H40N2S. The van der Waals surface area contributed by atoms with Crippen molar-refractivity contribution in [1.82, 2.24) is 10.6 Å². The molecule has 4 atom stereocenters. The van der Waals surface area contributed by atoms with E-state index in [-0.39, 0.29) is 5.41 Å². The predicted molar refractivity (Wildman–Crippen MR) is 123 cm³/mol. The van der Waals surface area contributed by atoms with Crippen molar-refractivity contribution in [2.45, 2.75) is 78.7 Å². The number of hydrogen-bond donors (Lipinski definition) is 2. The Morgan fingerprint density at radius 3 is 2.36 bits per heavy atom. The number of allylic oxidation sites excluding steroid dienone is 4. The smallest absolute Gasteiger partial charge is 0.0815 e. The molecule has 156 valence electrons. The van der Waals surface area contributed by atoms with Gasteiger partial charge in [-0.2, -0.15) is 0 Å². The fourth-order valence-electron chi connectivity index (χ4n) is 7.78. The predicted octanol–water partition coefficient (Wildman–Crippen LogP) is 5.65. The van der Waals surface area contributed by atoms with Crippen molar-refractivity contribution >= 4 is 17.2 Å². The largest absolute Gasteiger partial charge is 0.376 e. The molecule has 3 saturated carbocycles. The number of rotatable bonds is 3. The van der Waals surface area contributed by atoms with Gasteiger partial charge in [0.15, 0.2) is 0 Å². The van der Waals surface area contributed by atoms with Crippen LogP contribution in [0.2, 0.25) is 0 Å². The van der Waals surface area contributed by atoms with E-state index >= 15 is 0 Å². The first-order valence-electron chi connectivity index (χ1n) is 11.6. The Morgan fingerprint density at radius 2 is 1.68 bits per heavy atom. The summed E-state index contributed by atoms with van der Waals surface area (Å²) < 4.78 is 0. The zero-order valence-electron chi connectivity index (χ0n) is 18.4. The van der Waals surface area contributed by atoms with Crippen LogP contribution in [0.5, 0.6) is 0 Å². The fraction of sp³-hybridized carbons (Fsp3) is 0.800. The van der Waals surface area contributed by atoms with Crippen LogP contribution in [0.15, 0.2) is 24.3 Å². The number of fused-ring (bicyclic) bond motifs is 4. The summed E-state index contributed by atoms with van der Waals surface area (Å²) >= 11 is 6.14. The second kappa shape index (κ2) is 7.54. The highest BCUT2D eigenvalue weighted by molar-refractivity contribution is 7.80. The van der Waals surface area contributed by atoms with Gasteiger partial charge in [-0.05, 0) is 86.6 Å². The van der Waals surface area contributed by atoms with Crippen molar-refractivity contribution in [2.75, 3.05) is 13.1 Å². The molecule has 1 heterocycles. The molecule has 4 fully saturated rings. The van der Waals surface area contributed by atoms with Crippen LogP contribution in [0.4, 0.5) is 0 Å². The lowest BCUT2D eigenvalue weighted by Gasteiger charge is -2.64. The van der Waals surface area contributed by atoms with E-state index < -0.39 is 0 Å². The van der Waals surface area contributed by atoms with E-state index in [0.717, 1.165) is 24.0 Å². The Kier molecular flexibility index (Phi) is 5.55. The van der Waals surface area contributed by atoms with Gasteiger partial charge in [0.25, 0.3) is 0 Å². The second-order valence-electron chi connectivity index (χ2n) is 11.4. The molecule has 4 unspecified atom stereocenters. The first-order valence-corrected chi connectivity index (χ1v) is 12.0. The first-order chi connectivity index (χ1) is 13.2. The third-order valence-electron chi connectivity index (χ3n) is 8.28. The summed E-state index contributed by atoms with van der Waals surface area (Å²) in [5.74, 6) is 2.06. The molecule has 4 aliphatic carbocycles. The molecule has 0 spiro atoms. The van der Waals surface area contributed by atoms with Crippen molar-refractivity contribution < 1.29 is 0 Å². The zero-order chi connectivity index (χ0) is 20.0. The summed E-state index contributed by atoms with van der Waals surface area (Å²) in [6.07, 6.45) is 18.5. The van der Waals surface area contributed by atoms with Crippen LogP contribution in [0.1, 0.15) is 72.6 Å². The number of piperidine rings is 1. The maximum Gasteiger partial charge on any atom is 0.0815 e.